The predicted molar refractivity (Wildman–Crippen MR) is 116 cm³/mol. The molecule has 3 rings (SSSR count). The van der Waals surface area contributed by atoms with E-state index in [0.717, 1.165) is 17.7 Å². The Morgan fingerprint density at radius 3 is 2.23 bits per heavy atom. The van der Waals surface area contributed by atoms with Gasteiger partial charge in [0.1, 0.15) is 18.0 Å². The van der Waals surface area contributed by atoms with Gasteiger partial charge in [-0.3, -0.25) is 0 Å². The fourth-order valence-corrected chi connectivity index (χ4v) is 4.81. The molecule has 0 spiro atoms. The molecule has 31 heavy (non-hydrogen) atoms. The summed E-state index contributed by atoms with van der Waals surface area (Å²) in [4.78, 5) is 0. The van der Waals surface area contributed by atoms with E-state index in [4.69, 9.17) is 18.9 Å². The maximum atomic E-state index is 10.8. The Labute approximate surface area is 185 Å². The highest BCUT2D eigenvalue weighted by molar-refractivity contribution is 5.26. The second kappa shape index (κ2) is 10.6. The van der Waals surface area contributed by atoms with Gasteiger partial charge in [-0.2, -0.15) is 0 Å². The average molecular weight is 439 g/mol. The van der Waals surface area contributed by atoms with Crippen molar-refractivity contribution < 1.29 is 34.3 Å². The summed E-state index contributed by atoms with van der Waals surface area (Å²) in [7, 11) is 1.63. The van der Waals surface area contributed by atoms with E-state index in [0.29, 0.717) is 13.0 Å². The Balaban J connectivity index is 1.69. The molecule has 0 aromatic heterocycles. The lowest BCUT2D eigenvalue weighted by atomic mass is 9.77. The summed E-state index contributed by atoms with van der Waals surface area (Å²) in [6.07, 6.45) is -3.29. The van der Waals surface area contributed by atoms with Crippen molar-refractivity contribution in [2.75, 3.05) is 7.11 Å². The molecule has 176 valence electrons. The highest BCUT2D eigenvalue weighted by Gasteiger charge is 2.47. The Bertz CT molecular complexity index is 681. The van der Waals surface area contributed by atoms with E-state index in [1.807, 2.05) is 52.0 Å². The van der Waals surface area contributed by atoms with Crippen molar-refractivity contribution in [1.29, 1.82) is 0 Å². The van der Waals surface area contributed by atoms with Gasteiger partial charge in [-0.15, -0.1) is 0 Å². The van der Waals surface area contributed by atoms with Crippen LogP contribution in [0.4, 0.5) is 0 Å². The van der Waals surface area contributed by atoms with E-state index < -0.39 is 42.9 Å². The standard InChI is InChI=1S/C24H38O7/c1-6-18-20(26)23(29-12-16-7-9-17(28-5)10-8-16)15(4)24(30-18)31-22-14(3)11-13(2)19(25)21(22)27/h7-10,13-15,18-27H,6,11-12H2,1-5H3. The molecule has 1 saturated heterocycles. The fourth-order valence-electron chi connectivity index (χ4n) is 4.81. The van der Waals surface area contributed by atoms with Crippen LogP contribution >= 0.6 is 0 Å². The number of rotatable bonds is 7. The van der Waals surface area contributed by atoms with E-state index >= 15 is 0 Å². The lowest BCUT2D eigenvalue weighted by molar-refractivity contribution is -0.315. The van der Waals surface area contributed by atoms with Gasteiger partial charge in [-0.05, 0) is 42.4 Å². The topological polar surface area (TPSA) is 97.6 Å². The quantitative estimate of drug-likeness (QED) is 0.602. The number of hydrogen-bond donors (Lipinski definition) is 3. The van der Waals surface area contributed by atoms with Crippen molar-refractivity contribution in [2.24, 2.45) is 17.8 Å². The molecule has 7 heteroatoms. The molecule has 10 unspecified atom stereocenters. The third-order valence-corrected chi connectivity index (χ3v) is 6.84. The zero-order valence-corrected chi connectivity index (χ0v) is 19.2. The molecule has 1 aliphatic carbocycles. The van der Waals surface area contributed by atoms with Crippen molar-refractivity contribution in [3.8, 4) is 5.75 Å². The summed E-state index contributed by atoms with van der Waals surface area (Å²) in [5.74, 6) is 0.612. The molecular formula is C24H38O7. The van der Waals surface area contributed by atoms with Crippen LogP contribution in [0.25, 0.3) is 0 Å². The fraction of sp³-hybridized carbons (Fsp3) is 0.750. The summed E-state index contributed by atoms with van der Waals surface area (Å²) in [5.41, 5.74) is 0.977. The summed E-state index contributed by atoms with van der Waals surface area (Å²) >= 11 is 0. The molecule has 7 nitrogen and oxygen atoms in total. The first-order valence-electron chi connectivity index (χ1n) is 11.4. The molecule has 3 N–H and O–H groups in total. The summed E-state index contributed by atoms with van der Waals surface area (Å²) in [5, 5.41) is 31.8. The number of benzene rings is 1. The molecule has 0 amide bonds. The number of ether oxygens (including phenoxy) is 4. The van der Waals surface area contributed by atoms with Gasteiger partial charge >= 0.3 is 0 Å². The number of aliphatic hydroxyl groups is 3. The third-order valence-electron chi connectivity index (χ3n) is 6.84. The molecule has 1 aromatic carbocycles. The molecule has 0 bridgehead atoms. The van der Waals surface area contributed by atoms with Crippen LogP contribution in [0.15, 0.2) is 24.3 Å². The second-order valence-electron chi connectivity index (χ2n) is 9.20. The zero-order valence-electron chi connectivity index (χ0n) is 19.2. The van der Waals surface area contributed by atoms with Gasteiger partial charge in [-0.25, -0.2) is 0 Å². The van der Waals surface area contributed by atoms with Crippen molar-refractivity contribution in [3.63, 3.8) is 0 Å². The lowest BCUT2D eigenvalue weighted by Crippen LogP contribution is -2.58. The van der Waals surface area contributed by atoms with Crippen LogP contribution in [0.2, 0.25) is 0 Å². The molecule has 0 radical (unpaired) electrons. The molecule has 2 fully saturated rings. The number of aliphatic hydroxyl groups excluding tert-OH is 3. The van der Waals surface area contributed by atoms with Crippen molar-refractivity contribution >= 4 is 0 Å². The Kier molecular flexibility index (Phi) is 8.35. The van der Waals surface area contributed by atoms with E-state index in [9.17, 15) is 15.3 Å². The summed E-state index contributed by atoms with van der Waals surface area (Å²) in [6.45, 7) is 8.18. The van der Waals surface area contributed by atoms with Gasteiger partial charge in [-0.1, -0.05) is 39.8 Å². The zero-order chi connectivity index (χ0) is 22.7. The Morgan fingerprint density at radius 2 is 1.61 bits per heavy atom. The minimum atomic E-state index is -0.972. The van der Waals surface area contributed by atoms with Gasteiger partial charge < -0.3 is 34.3 Å². The SMILES string of the molecule is CCC1OC(OC2C(C)CC(C)C(O)C2O)C(C)C(OCc2ccc(OC)cc2)C1O. The first-order valence-corrected chi connectivity index (χ1v) is 11.4. The molecular weight excluding hydrogens is 400 g/mol. The third kappa shape index (κ3) is 5.41. The van der Waals surface area contributed by atoms with Crippen LogP contribution in [-0.4, -0.2) is 65.3 Å². The van der Waals surface area contributed by atoms with Gasteiger partial charge in [0.25, 0.3) is 0 Å². The number of methoxy groups -OCH3 is 1. The highest BCUT2D eigenvalue weighted by atomic mass is 16.7. The highest BCUT2D eigenvalue weighted by Crippen LogP contribution is 2.37. The van der Waals surface area contributed by atoms with Gasteiger partial charge in [0.05, 0.1) is 38.1 Å². The van der Waals surface area contributed by atoms with Crippen LogP contribution in [-0.2, 0) is 20.8 Å². The van der Waals surface area contributed by atoms with Gasteiger partial charge in [0, 0.05) is 5.92 Å². The maximum absolute atomic E-state index is 10.8. The summed E-state index contributed by atoms with van der Waals surface area (Å²) < 4.78 is 23.7. The van der Waals surface area contributed by atoms with Gasteiger partial charge in [0.2, 0.25) is 0 Å². The van der Waals surface area contributed by atoms with E-state index in [1.54, 1.807) is 7.11 Å². The first kappa shape index (κ1) is 24.4. The maximum Gasteiger partial charge on any atom is 0.163 e. The summed E-state index contributed by atoms with van der Waals surface area (Å²) in [6, 6.07) is 7.62. The monoisotopic (exact) mass is 438 g/mol. The minimum absolute atomic E-state index is 0.0142. The van der Waals surface area contributed by atoms with Crippen LogP contribution in [0.3, 0.4) is 0 Å². The normalized spacial score (nSPS) is 41.2. The van der Waals surface area contributed by atoms with E-state index in [2.05, 4.69) is 0 Å². The van der Waals surface area contributed by atoms with Crippen LogP contribution in [0, 0.1) is 17.8 Å². The lowest BCUT2D eigenvalue weighted by Gasteiger charge is -2.47. The predicted octanol–water partition coefficient (Wildman–Crippen LogP) is 2.50. The average Bonchev–Trinajstić information content (AvgIpc) is 2.76. The Hall–Kier alpha value is -1.22. The van der Waals surface area contributed by atoms with Crippen LogP contribution in [0.1, 0.15) is 46.1 Å². The van der Waals surface area contributed by atoms with E-state index in [-0.39, 0.29) is 17.8 Å². The molecule has 10 atom stereocenters. The molecule has 1 aromatic rings. The molecule has 2 aliphatic rings. The largest absolute Gasteiger partial charge is 0.497 e. The van der Waals surface area contributed by atoms with Crippen molar-refractivity contribution in [3.05, 3.63) is 29.8 Å². The van der Waals surface area contributed by atoms with Gasteiger partial charge in [0.15, 0.2) is 6.29 Å². The Morgan fingerprint density at radius 1 is 0.935 bits per heavy atom. The minimum Gasteiger partial charge on any atom is -0.497 e. The molecule has 1 heterocycles. The van der Waals surface area contributed by atoms with Crippen LogP contribution in [0.5, 0.6) is 5.75 Å². The second-order valence-corrected chi connectivity index (χ2v) is 9.20. The molecule has 1 saturated carbocycles. The van der Waals surface area contributed by atoms with Crippen molar-refractivity contribution in [1.82, 2.24) is 0 Å². The molecule has 1 aliphatic heterocycles. The smallest absolute Gasteiger partial charge is 0.163 e. The first-order chi connectivity index (χ1) is 14.8. The van der Waals surface area contributed by atoms with Crippen LogP contribution < -0.4 is 4.74 Å². The number of hydrogen-bond acceptors (Lipinski definition) is 7. The van der Waals surface area contributed by atoms with E-state index in [1.165, 1.54) is 0 Å². The van der Waals surface area contributed by atoms with Crippen molar-refractivity contribution in [2.45, 2.75) is 90.1 Å².